The van der Waals surface area contributed by atoms with Crippen LogP contribution in [-0.4, -0.2) is 22.6 Å². The van der Waals surface area contributed by atoms with Crippen molar-refractivity contribution in [3.05, 3.63) is 64.8 Å². The van der Waals surface area contributed by atoms with Crippen molar-refractivity contribution in [2.24, 2.45) is 0 Å². The molecule has 1 unspecified atom stereocenters. The molecule has 0 N–H and O–H groups in total. The van der Waals surface area contributed by atoms with E-state index in [-0.39, 0.29) is 41.2 Å². The zero-order valence-electron chi connectivity index (χ0n) is 14.6. The van der Waals surface area contributed by atoms with Crippen molar-refractivity contribution in [1.82, 2.24) is 10.1 Å². The summed E-state index contributed by atoms with van der Waals surface area (Å²) < 4.78 is 57.1. The fourth-order valence-corrected chi connectivity index (χ4v) is 3.43. The molecule has 2 heterocycles. The first-order valence-electron chi connectivity index (χ1n) is 8.49. The predicted octanol–water partition coefficient (Wildman–Crippen LogP) is 5.07. The quantitative estimate of drug-likeness (QED) is 0.550. The number of carbonyl (C=O) groups is 1. The number of aromatic nitrogens is 2. The Balaban J connectivity index is 1.57. The van der Waals surface area contributed by atoms with Gasteiger partial charge >= 0.3 is 6.18 Å². The van der Waals surface area contributed by atoms with Crippen LogP contribution >= 0.6 is 11.6 Å². The highest BCUT2D eigenvalue weighted by Gasteiger charge is 2.36. The van der Waals surface area contributed by atoms with Gasteiger partial charge in [-0.05, 0) is 30.3 Å². The number of rotatable bonds is 3. The van der Waals surface area contributed by atoms with Crippen molar-refractivity contribution in [3.63, 3.8) is 0 Å². The highest BCUT2D eigenvalue weighted by atomic mass is 35.5. The number of amides is 1. The molecule has 0 bridgehead atoms. The smallest absolute Gasteiger partial charge is 0.339 e. The largest absolute Gasteiger partial charge is 0.416 e. The Kier molecular flexibility index (Phi) is 4.77. The number of nitrogens with zero attached hydrogens (tertiary/aromatic N) is 3. The fourth-order valence-electron chi connectivity index (χ4n) is 3.16. The van der Waals surface area contributed by atoms with Gasteiger partial charge in [0.05, 0.1) is 22.2 Å². The molecule has 0 saturated carbocycles. The van der Waals surface area contributed by atoms with Crippen molar-refractivity contribution >= 4 is 23.2 Å². The molecule has 1 aromatic heterocycles. The van der Waals surface area contributed by atoms with Gasteiger partial charge in [-0.1, -0.05) is 28.9 Å². The number of benzene rings is 2. The molecule has 1 saturated heterocycles. The number of halogens is 5. The van der Waals surface area contributed by atoms with Crippen molar-refractivity contribution in [2.75, 3.05) is 11.4 Å². The summed E-state index contributed by atoms with van der Waals surface area (Å²) in [4.78, 5) is 17.9. The van der Waals surface area contributed by atoms with Gasteiger partial charge in [0.25, 0.3) is 0 Å². The zero-order valence-corrected chi connectivity index (χ0v) is 15.3. The van der Waals surface area contributed by atoms with Gasteiger partial charge in [0.15, 0.2) is 0 Å². The molecule has 0 radical (unpaired) electrons. The second-order valence-electron chi connectivity index (χ2n) is 6.54. The molecule has 3 aromatic rings. The average Bonchev–Trinajstić information content (AvgIpc) is 3.28. The van der Waals surface area contributed by atoms with Crippen LogP contribution in [0.15, 0.2) is 47.0 Å². The number of alkyl halides is 3. The normalized spacial score (nSPS) is 17.2. The van der Waals surface area contributed by atoms with Crippen molar-refractivity contribution < 1.29 is 26.9 Å². The van der Waals surface area contributed by atoms with Gasteiger partial charge in [0.2, 0.25) is 17.6 Å². The summed E-state index contributed by atoms with van der Waals surface area (Å²) >= 11 is 6.03. The average molecular weight is 426 g/mol. The lowest BCUT2D eigenvalue weighted by Gasteiger charge is -2.17. The topological polar surface area (TPSA) is 59.2 Å². The number of anilines is 1. The molecule has 1 aliphatic rings. The summed E-state index contributed by atoms with van der Waals surface area (Å²) in [5.41, 5.74) is -0.315. The molecule has 5 nitrogen and oxygen atoms in total. The van der Waals surface area contributed by atoms with E-state index in [1.165, 1.54) is 29.2 Å². The third-order valence-corrected chi connectivity index (χ3v) is 4.87. The van der Waals surface area contributed by atoms with Gasteiger partial charge in [-0.25, -0.2) is 4.39 Å². The van der Waals surface area contributed by atoms with E-state index in [0.717, 1.165) is 18.2 Å². The van der Waals surface area contributed by atoms with Crippen molar-refractivity contribution in [1.29, 1.82) is 0 Å². The summed E-state index contributed by atoms with van der Waals surface area (Å²) in [6.45, 7) is 0.175. The molecule has 2 aromatic carbocycles. The van der Waals surface area contributed by atoms with Crippen LogP contribution in [0.25, 0.3) is 11.4 Å². The fraction of sp³-hybridized carbons (Fsp3) is 0.211. The molecule has 1 amide bonds. The minimum atomic E-state index is -4.49. The molecule has 1 atom stereocenters. The van der Waals surface area contributed by atoms with Crippen molar-refractivity contribution in [3.8, 4) is 11.4 Å². The van der Waals surface area contributed by atoms with Crippen LogP contribution in [0.5, 0.6) is 0 Å². The summed E-state index contributed by atoms with van der Waals surface area (Å²) in [6.07, 6.45) is -4.44. The lowest BCUT2D eigenvalue weighted by Crippen LogP contribution is -2.24. The van der Waals surface area contributed by atoms with Crippen LogP contribution in [0, 0.1) is 5.82 Å². The zero-order chi connectivity index (χ0) is 20.8. The maximum absolute atomic E-state index is 13.2. The summed E-state index contributed by atoms with van der Waals surface area (Å²) in [7, 11) is 0. The summed E-state index contributed by atoms with van der Waals surface area (Å²) in [5, 5.41) is 3.84. The summed E-state index contributed by atoms with van der Waals surface area (Å²) in [5.74, 6) is -1.12. The van der Waals surface area contributed by atoms with Gasteiger partial charge in [-0.15, -0.1) is 0 Å². The predicted molar refractivity (Wildman–Crippen MR) is 95.9 cm³/mol. The maximum Gasteiger partial charge on any atom is 0.416 e. The third kappa shape index (κ3) is 3.82. The lowest BCUT2D eigenvalue weighted by molar-refractivity contribution is -0.137. The van der Waals surface area contributed by atoms with Crippen LogP contribution < -0.4 is 4.90 Å². The lowest BCUT2D eigenvalue weighted by atomic mass is 10.1. The first-order valence-corrected chi connectivity index (χ1v) is 8.87. The molecule has 0 aliphatic carbocycles. The van der Waals surface area contributed by atoms with Crippen LogP contribution in [0.4, 0.5) is 23.2 Å². The van der Waals surface area contributed by atoms with Crippen LogP contribution in [0.2, 0.25) is 5.02 Å². The molecule has 10 heteroatoms. The molecule has 1 fully saturated rings. The molecular weight excluding hydrogens is 414 g/mol. The summed E-state index contributed by atoms with van der Waals surface area (Å²) in [6, 6.07) is 8.28. The molecule has 1 aliphatic heterocycles. The first kappa shape index (κ1) is 19.4. The Bertz CT molecular complexity index is 1080. The number of carbonyl (C=O) groups excluding carboxylic acids is 1. The first-order chi connectivity index (χ1) is 13.7. The van der Waals surface area contributed by atoms with E-state index in [9.17, 15) is 22.4 Å². The molecular formula is C19H12ClF4N3O2. The van der Waals surface area contributed by atoms with Gasteiger partial charge in [0.1, 0.15) is 5.82 Å². The Hall–Kier alpha value is -2.94. The third-order valence-electron chi connectivity index (χ3n) is 4.56. The van der Waals surface area contributed by atoms with Gasteiger partial charge in [-0.3, -0.25) is 4.79 Å². The molecule has 0 spiro atoms. The highest BCUT2D eigenvalue weighted by molar-refractivity contribution is 6.33. The van der Waals surface area contributed by atoms with E-state index in [1.54, 1.807) is 0 Å². The van der Waals surface area contributed by atoms with Gasteiger partial charge in [-0.2, -0.15) is 18.2 Å². The Morgan fingerprint density at radius 2 is 1.97 bits per heavy atom. The van der Waals surface area contributed by atoms with Crippen LogP contribution in [-0.2, 0) is 11.0 Å². The van der Waals surface area contributed by atoms with E-state index in [2.05, 4.69) is 10.1 Å². The molecule has 150 valence electrons. The van der Waals surface area contributed by atoms with Crippen LogP contribution in [0.3, 0.4) is 0 Å². The van der Waals surface area contributed by atoms with E-state index in [0.29, 0.717) is 5.69 Å². The Labute approximate surface area is 166 Å². The van der Waals surface area contributed by atoms with E-state index >= 15 is 0 Å². The Morgan fingerprint density at radius 1 is 1.17 bits per heavy atom. The number of hydrogen-bond acceptors (Lipinski definition) is 4. The standard InChI is InChI=1S/C19H12ClF4N3O2/c20-14-8-13(21)4-5-15(14)27-9-11(7-16(27)28)18-25-17(26-29-18)10-2-1-3-12(6-10)19(22,23)24/h1-6,8,11H,7,9H2. The second kappa shape index (κ2) is 7.14. The highest BCUT2D eigenvalue weighted by Crippen LogP contribution is 2.36. The molecule has 29 heavy (non-hydrogen) atoms. The van der Waals surface area contributed by atoms with Crippen LogP contribution in [0.1, 0.15) is 23.8 Å². The SMILES string of the molecule is O=C1CC(c2nc(-c3cccc(C(F)(F)F)c3)no2)CN1c1ccc(F)cc1Cl. The molecule has 4 rings (SSSR count). The van der Waals surface area contributed by atoms with E-state index in [1.807, 2.05) is 0 Å². The minimum absolute atomic E-state index is 0.00295. The van der Waals surface area contributed by atoms with Gasteiger partial charge < -0.3 is 9.42 Å². The maximum atomic E-state index is 13.2. The van der Waals surface area contributed by atoms with Gasteiger partial charge in [0, 0.05) is 18.5 Å². The Morgan fingerprint density at radius 3 is 2.69 bits per heavy atom. The monoisotopic (exact) mass is 425 g/mol. The minimum Gasteiger partial charge on any atom is -0.339 e. The number of hydrogen-bond donors (Lipinski definition) is 0. The van der Waals surface area contributed by atoms with E-state index < -0.39 is 23.5 Å². The van der Waals surface area contributed by atoms with E-state index in [4.69, 9.17) is 16.1 Å². The van der Waals surface area contributed by atoms with Crippen molar-refractivity contribution in [2.45, 2.75) is 18.5 Å². The second-order valence-corrected chi connectivity index (χ2v) is 6.94.